The molecular weight excluding hydrogens is 442 g/mol. The number of aryl methyl sites for hydroxylation is 1. The maximum absolute atomic E-state index is 13.2. The first-order valence-corrected chi connectivity index (χ1v) is 13.0. The van der Waals surface area contributed by atoms with E-state index in [2.05, 4.69) is 15.7 Å². The van der Waals surface area contributed by atoms with E-state index >= 15 is 0 Å². The minimum Gasteiger partial charge on any atom is -0.356 e. The third-order valence-electron chi connectivity index (χ3n) is 8.07. The lowest BCUT2D eigenvalue weighted by molar-refractivity contribution is -0.126. The Morgan fingerprint density at radius 3 is 2.83 bits per heavy atom. The molecule has 2 unspecified atom stereocenters. The van der Waals surface area contributed by atoms with Gasteiger partial charge in [0.1, 0.15) is 5.69 Å². The minimum atomic E-state index is -0.160. The van der Waals surface area contributed by atoms with Crippen LogP contribution >= 0.6 is 0 Å². The number of nitrogens with zero attached hydrogens (tertiary/aromatic N) is 5. The summed E-state index contributed by atoms with van der Waals surface area (Å²) < 4.78 is 3.52. The van der Waals surface area contributed by atoms with Crippen molar-refractivity contribution in [2.24, 2.45) is 23.7 Å². The molecule has 9 nitrogen and oxygen atoms in total. The van der Waals surface area contributed by atoms with Crippen molar-refractivity contribution in [3.8, 4) is 0 Å². The van der Waals surface area contributed by atoms with Gasteiger partial charge >= 0.3 is 0 Å². The standard InChI is InChI=1S/C26H33N7O2/c1-2-32-22(9-11-28-32)26(35)30-24(19-12-18(13-19)16-5-6-16)21-15-33-23(29-21)8-7-20(31-33)14-17-4-3-10-27-25(17)34/h7-9,11,15-19,24H,2-6,10,12-14H2,1H3,(H,27,34)(H,30,35). The van der Waals surface area contributed by atoms with Crippen molar-refractivity contribution in [1.29, 1.82) is 0 Å². The quantitative estimate of drug-likeness (QED) is 0.521. The lowest BCUT2D eigenvalue weighted by Gasteiger charge is -2.40. The van der Waals surface area contributed by atoms with Crippen LogP contribution < -0.4 is 10.6 Å². The van der Waals surface area contributed by atoms with E-state index in [1.165, 1.54) is 12.8 Å². The summed E-state index contributed by atoms with van der Waals surface area (Å²) in [4.78, 5) is 30.3. The first-order chi connectivity index (χ1) is 17.1. The van der Waals surface area contributed by atoms with E-state index in [4.69, 9.17) is 10.1 Å². The molecule has 184 valence electrons. The summed E-state index contributed by atoms with van der Waals surface area (Å²) in [6, 6.07) is 5.54. The van der Waals surface area contributed by atoms with Crippen LogP contribution in [-0.4, -0.2) is 42.7 Å². The molecule has 2 N–H and O–H groups in total. The van der Waals surface area contributed by atoms with Gasteiger partial charge in [-0.3, -0.25) is 14.3 Å². The predicted molar refractivity (Wildman–Crippen MR) is 129 cm³/mol. The van der Waals surface area contributed by atoms with E-state index in [9.17, 15) is 9.59 Å². The Labute approximate surface area is 204 Å². The van der Waals surface area contributed by atoms with Crippen LogP contribution in [0.25, 0.3) is 5.65 Å². The molecule has 2 amide bonds. The number of amides is 2. The number of hydrogen-bond donors (Lipinski definition) is 2. The maximum atomic E-state index is 13.2. The third-order valence-corrected chi connectivity index (χ3v) is 8.07. The fourth-order valence-electron chi connectivity index (χ4n) is 5.84. The van der Waals surface area contributed by atoms with E-state index in [0.29, 0.717) is 24.6 Å². The zero-order valence-electron chi connectivity index (χ0n) is 20.2. The number of fused-ring (bicyclic) bond motifs is 1. The molecular formula is C26H33N7O2. The number of hydrogen-bond acceptors (Lipinski definition) is 5. The van der Waals surface area contributed by atoms with Crippen molar-refractivity contribution in [3.05, 3.63) is 47.7 Å². The van der Waals surface area contributed by atoms with Crippen LogP contribution in [0.2, 0.25) is 0 Å². The molecule has 0 spiro atoms. The summed E-state index contributed by atoms with van der Waals surface area (Å²) in [5.74, 6) is 2.02. The van der Waals surface area contributed by atoms with Gasteiger partial charge in [0.25, 0.3) is 5.91 Å². The highest BCUT2D eigenvalue weighted by Crippen LogP contribution is 2.52. The molecule has 0 bridgehead atoms. The van der Waals surface area contributed by atoms with E-state index in [-0.39, 0.29) is 23.8 Å². The Morgan fingerprint density at radius 2 is 2.06 bits per heavy atom. The van der Waals surface area contributed by atoms with Crippen molar-refractivity contribution in [1.82, 2.24) is 35.0 Å². The Hall–Kier alpha value is -3.23. The van der Waals surface area contributed by atoms with Gasteiger partial charge in [-0.05, 0) is 81.4 Å². The molecule has 3 aromatic rings. The summed E-state index contributed by atoms with van der Waals surface area (Å²) in [6.45, 7) is 3.39. The smallest absolute Gasteiger partial charge is 0.270 e. The fraction of sp³-hybridized carbons (Fsp3) is 0.577. The highest BCUT2D eigenvalue weighted by atomic mass is 16.2. The Kier molecular flexibility index (Phi) is 5.78. The Balaban J connectivity index is 1.24. The van der Waals surface area contributed by atoms with Crippen LogP contribution in [0.1, 0.15) is 73.4 Å². The molecule has 2 saturated carbocycles. The molecule has 2 atom stereocenters. The number of piperidine rings is 1. The zero-order chi connectivity index (χ0) is 23.9. The monoisotopic (exact) mass is 475 g/mol. The van der Waals surface area contributed by atoms with Gasteiger partial charge in [-0.25, -0.2) is 9.50 Å². The summed E-state index contributed by atoms with van der Waals surface area (Å²) in [7, 11) is 0. The molecule has 35 heavy (non-hydrogen) atoms. The van der Waals surface area contributed by atoms with E-state index in [0.717, 1.165) is 61.1 Å². The predicted octanol–water partition coefficient (Wildman–Crippen LogP) is 2.92. The molecule has 0 aromatic carbocycles. The number of imidazole rings is 1. The average molecular weight is 476 g/mol. The van der Waals surface area contributed by atoms with Crippen molar-refractivity contribution in [3.63, 3.8) is 0 Å². The first-order valence-electron chi connectivity index (χ1n) is 13.0. The van der Waals surface area contributed by atoms with Gasteiger partial charge in [0, 0.05) is 31.6 Å². The fourth-order valence-corrected chi connectivity index (χ4v) is 5.84. The number of carbonyl (C=O) groups is 2. The second kappa shape index (κ2) is 9.09. The number of nitrogens with one attached hydrogen (secondary N) is 2. The van der Waals surface area contributed by atoms with Crippen LogP contribution in [0.4, 0.5) is 0 Å². The normalized spacial score (nSPS) is 25.2. The number of aromatic nitrogens is 5. The molecule has 3 aromatic heterocycles. The van der Waals surface area contributed by atoms with E-state index < -0.39 is 0 Å². The molecule has 1 saturated heterocycles. The summed E-state index contributed by atoms with van der Waals surface area (Å²) in [5.41, 5.74) is 3.06. The van der Waals surface area contributed by atoms with Crippen molar-refractivity contribution >= 4 is 17.5 Å². The van der Waals surface area contributed by atoms with Gasteiger partial charge in [0.2, 0.25) is 5.91 Å². The second-order valence-electron chi connectivity index (χ2n) is 10.4. The number of rotatable bonds is 8. The van der Waals surface area contributed by atoms with Crippen LogP contribution in [0.15, 0.2) is 30.6 Å². The molecule has 4 heterocycles. The molecule has 1 aliphatic heterocycles. The summed E-state index contributed by atoms with van der Waals surface area (Å²) in [5, 5.41) is 15.3. The average Bonchev–Trinajstić information content (AvgIpc) is 3.38. The molecule has 0 radical (unpaired) electrons. The highest BCUT2D eigenvalue weighted by Gasteiger charge is 2.44. The maximum Gasteiger partial charge on any atom is 0.270 e. The van der Waals surface area contributed by atoms with Crippen LogP contribution in [0.5, 0.6) is 0 Å². The summed E-state index contributed by atoms with van der Waals surface area (Å²) >= 11 is 0. The summed E-state index contributed by atoms with van der Waals surface area (Å²) in [6.07, 6.45) is 11.1. The SMILES string of the molecule is CCn1nccc1C(=O)NC(c1cn2nc(CC3CCCNC3=O)ccc2n1)C1CC(C2CC2)C1. The van der Waals surface area contributed by atoms with Crippen molar-refractivity contribution < 1.29 is 9.59 Å². The minimum absolute atomic E-state index is 0.0264. The van der Waals surface area contributed by atoms with Crippen LogP contribution in [0.3, 0.4) is 0 Å². The lowest BCUT2D eigenvalue weighted by Crippen LogP contribution is -2.40. The molecule has 9 heteroatoms. The van der Waals surface area contributed by atoms with Crippen LogP contribution in [0, 0.1) is 23.7 Å². The van der Waals surface area contributed by atoms with Gasteiger partial charge in [0.05, 0.1) is 23.6 Å². The first kappa shape index (κ1) is 22.2. The second-order valence-corrected chi connectivity index (χ2v) is 10.4. The Bertz CT molecular complexity index is 1240. The van der Waals surface area contributed by atoms with Gasteiger partial charge in [-0.15, -0.1) is 0 Å². The highest BCUT2D eigenvalue weighted by molar-refractivity contribution is 5.92. The largest absolute Gasteiger partial charge is 0.356 e. The topological polar surface area (TPSA) is 106 Å². The van der Waals surface area contributed by atoms with Gasteiger partial charge in [-0.2, -0.15) is 10.2 Å². The van der Waals surface area contributed by atoms with Crippen LogP contribution in [-0.2, 0) is 17.8 Å². The molecule has 3 fully saturated rings. The number of carbonyl (C=O) groups excluding carboxylic acids is 2. The lowest BCUT2D eigenvalue weighted by atomic mass is 9.68. The molecule has 2 aliphatic carbocycles. The van der Waals surface area contributed by atoms with Gasteiger partial charge in [-0.1, -0.05) is 0 Å². The molecule has 6 rings (SSSR count). The van der Waals surface area contributed by atoms with Gasteiger partial charge in [0.15, 0.2) is 5.65 Å². The van der Waals surface area contributed by atoms with Crippen molar-refractivity contribution in [2.45, 2.75) is 64.5 Å². The van der Waals surface area contributed by atoms with Crippen molar-refractivity contribution in [2.75, 3.05) is 6.54 Å². The zero-order valence-corrected chi connectivity index (χ0v) is 20.2. The van der Waals surface area contributed by atoms with E-state index in [1.807, 2.05) is 25.3 Å². The van der Waals surface area contributed by atoms with Gasteiger partial charge < -0.3 is 10.6 Å². The van der Waals surface area contributed by atoms with E-state index in [1.54, 1.807) is 21.5 Å². The molecule has 3 aliphatic rings. The Morgan fingerprint density at radius 1 is 1.20 bits per heavy atom. The third kappa shape index (κ3) is 4.44.